The maximum absolute atomic E-state index is 9.19. The molecular formula is C6H8ClNO2. The highest BCUT2D eigenvalue weighted by atomic mass is 35.5. The predicted octanol–water partition coefficient (Wildman–Crippen LogP) is 1.34. The van der Waals surface area contributed by atoms with Gasteiger partial charge in [-0.05, 0) is 6.42 Å². The van der Waals surface area contributed by atoms with E-state index < -0.39 is 6.10 Å². The largest absolute Gasteiger partial charge is 0.385 e. The van der Waals surface area contributed by atoms with Gasteiger partial charge in [-0.1, -0.05) is 5.16 Å². The fraction of sp³-hybridized carbons (Fsp3) is 0.500. The van der Waals surface area contributed by atoms with Gasteiger partial charge in [-0.15, -0.1) is 11.6 Å². The zero-order valence-corrected chi connectivity index (χ0v) is 6.08. The average molecular weight is 162 g/mol. The highest BCUT2D eigenvalue weighted by molar-refractivity contribution is 6.17. The van der Waals surface area contributed by atoms with Crippen LogP contribution >= 0.6 is 11.6 Å². The molecule has 10 heavy (non-hydrogen) atoms. The molecule has 1 rings (SSSR count). The van der Waals surface area contributed by atoms with Crippen molar-refractivity contribution in [2.75, 3.05) is 5.88 Å². The number of halogens is 1. The molecule has 56 valence electrons. The summed E-state index contributed by atoms with van der Waals surface area (Å²) in [5, 5.41) is 12.6. The van der Waals surface area contributed by atoms with E-state index in [9.17, 15) is 5.11 Å². The van der Waals surface area contributed by atoms with Gasteiger partial charge in [-0.3, -0.25) is 0 Å². The van der Waals surface area contributed by atoms with E-state index in [1.807, 2.05) is 0 Å². The summed E-state index contributed by atoms with van der Waals surface area (Å²) in [5.74, 6) is 0.891. The second kappa shape index (κ2) is 3.58. The zero-order chi connectivity index (χ0) is 7.40. The molecule has 1 aromatic heterocycles. The van der Waals surface area contributed by atoms with Crippen molar-refractivity contribution in [3.05, 3.63) is 18.0 Å². The molecular weight excluding hydrogens is 154 g/mol. The summed E-state index contributed by atoms with van der Waals surface area (Å²) < 4.78 is 4.69. The number of aliphatic hydroxyl groups is 1. The van der Waals surface area contributed by atoms with Crippen molar-refractivity contribution >= 4 is 11.6 Å². The Morgan fingerprint density at radius 1 is 1.80 bits per heavy atom. The van der Waals surface area contributed by atoms with E-state index in [0.29, 0.717) is 18.1 Å². The van der Waals surface area contributed by atoms with Crippen molar-refractivity contribution in [2.45, 2.75) is 12.5 Å². The summed E-state index contributed by atoms with van der Waals surface area (Å²) in [6.45, 7) is 0. The van der Waals surface area contributed by atoms with Gasteiger partial charge in [0.1, 0.15) is 6.10 Å². The summed E-state index contributed by atoms with van der Waals surface area (Å²) in [6, 6.07) is 1.62. The SMILES string of the molecule is OC(CCCl)c1ccno1. The summed E-state index contributed by atoms with van der Waals surface area (Å²) in [5.41, 5.74) is 0. The molecule has 1 unspecified atom stereocenters. The number of alkyl halides is 1. The quantitative estimate of drug-likeness (QED) is 0.681. The van der Waals surface area contributed by atoms with E-state index in [4.69, 9.17) is 11.6 Å². The third-order valence-electron chi connectivity index (χ3n) is 1.17. The van der Waals surface area contributed by atoms with E-state index >= 15 is 0 Å². The maximum Gasteiger partial charge on any atom is 0.165 e. The summed E-state index contributed by atoms with van der Waals surface area (Å²) in [4.78, 5) is 0. The van der Waals surface area contributed by atoms with Crippen LogP contribution in [-0.2, 0) is 0 Å². The second-order valence-electron chi connectivity index (χ2n) is 1.91. The molecule has 1 N–H and O–H groups in total. The maximum atomic E-state index is 9.19. The van der Waals surface area contributed by atoms with E-state index in [2.05, 4.69) is 9.68 Å². The van der Waals surface area contributed by atoms with Gasteiger partial charge in [0.05, 0.1) is 6.20 Å². The summed E-state index contributed by atoms with van der Waals surface area (Å²) in [6.07, 6.45) is 1.38. The summed E-state index contributed by atoms with van der Waals surface area (Å²) in [7, 11) is 0. The average Bonchev–Trinajstić information content (AvgIpc) is 2.38. The fourth-order valence-corrected chi connectivity index (χ4v) is 0.850. The minimum Gasteiger partial charge on any atom is -0.385 e. The van der Waals surface area contributed by atoms with Crippen LogP contribution in [0.1, 0.15) is 18.3 Å². The fourth-order valence-electron chi connectivity index (χ4n) is 0.643. The van der Waals surface area contributed by atoms with Crippen LogP contribution in [0.25, 0.3) is 0 Å². The molecule has 0 radical (unpaired) electrons. The van der Waals surface area contributed by atoms with E-state index in [1.165, 1.54) is 6.20 Å². The van der Waals surface area contributed by atoms with Crippen molar-refractivity contribution in [3.8, 4) is 0 Å². The van der Waals surface area contributed by atoms with Crippen molar-refractivity contribution in [1.82, 2.24) is 5.16 Å². The van der Waals surface area contributed by atoms with Crippen molar-refractivity contribution in [1.29, 1.82) is 0 Å². The van der Waals surface area contributed by atoms with Crippen molar-refractivity contribution in [3.63, 3.8) is 0 Å². The molecule has 0 aliphatic heterocycles. The van der Waals surface area contributed by atoms with Gasteiger partial charge in [0, 0.05) is 11.9 Å². The Hall–Kier alpha value is -0.540. The number of nitrogens with zero attached hydrogens (tertiary/aromatic N) is 1. The van der Waals surface area contributed by atoms with Gasteiger partial charge >= 0.3 is 0 Å². The van der Waals surface area contributed by atoms with Gasteiger partial charge in [-0.25, -0.2) is 0 Å². The molecule has 0 aliphatic rings. The van der Waals surface area contributed by atoms with Crippen molar-refractivity contribution in [2.24, 2.45) is 0 Å². The van der Waals surface area contributed by atoms with Crippen LogP contribution in [0.2, 0.25) is 0 Å². The lowest BCUT2D eigenvalue weighted by molar-refractivity contribution is 0.136. The molecule has 3 nitrogen and oxygen atoms in total. The topological polar surface area (TPSA) is 46.3 Å². The highest BCUT2D eigenvalue weighted by Gasteiger charge is 2.09. The zero-order valence-electron chi connectivity index (χ0n) is 5.33. The molecule has 0 spiro atoms. The predicted molar refractivity (Wildman–Crippen MR) is 36.8 cm³/mol. The van der Waals surface area contributed by atoms with Crippen LogP contribution in [0.3, 0.4) is 0 Å². The molecule has 0 amide bonds. The Kier molecular flexibility index (Phi) is 2.71. The molecule has 1 aromatic rings. The Morgan fingerprint density at radius 2 is 2.60 bits per heavy atom. The van der Waals surface area contributed by atoms with Gasteiger partial charge in [0.15, 0.2) is 5.76 Å². The number of hydrogen-bond acceptors (Lipinski definition) is 3. The first kappa shape index (κ1) is 7.57. The first-order valence-electron chi connectivity index (χ1n) is 2.99. The van der Waals surface area contributed by atoms with E-state index in [0.717, 1.165) is 0 Å². The first-order chi connectivity index (χ1) is 4.84. The lowest BCUT2D eigenvalue weighted by Crippen LogP contribution is -1.95. The van der Waals surface area contributed by atoms with Crippen LogP contribution in [0.4, 0.5) is 0 Å². The normalized spacial score (nSPS) is 13.4. The number of aliphatic hydroxyl groups excluding tert-OH is 1. The van der Waals surface area contributed by atoms with Crippen LogP contribution in [0.5, 0.6) is 0 Å². The minimum absolute atomic E-state index is 0.419. The standard InChI is InChI=1S/C6H8ClNO2/c7-3-1-5(9)6-2-4-8-10-6/h2,4-5,9H,1,3H2. The van der Waals surface area contributed by atoms with Crippen LogP contribution in [0, 0.1) is 0 Å². The minimum atomic E-state index is -0.611. The van der Waals surface area contributed by atoms with E-state index in [-0.39, 0.29) is 0 Å². The number of hydrogen-bond donors (Lipinski definition) is 1. The molecule has 0 bridgehead atoms. The molecule has 0 fully saturated rings. The Morgan fingerprint density at radius 3 is 3.10 bits per heavy atom. The summed E-state index contributed by atoms with van der Waals surface area (Å²) >= 11 is 5.39. The Balaban J connectivity index is 2.50. The molecule has 1 atom stereocenters. The second-order valence-corrected chi connectivity index (χ2v) is 2.29. The van der Waals surface area contributed by atoms with E-state index in [1.54, 1.807) is 6.07 Å². The highest BCUT2D eigenvalue weighted by Crippen LogP contribution is 2.15. The van der Waals surface area contributed by atoms with Gasteiger partial charge in [-0.2, -0.15) is 0 Å². The monoisotopic (exact) mass is 161 g/mol. The Labute approximate surface area is 63.6 Å². The number of rotatable bonds is 3. The van der Waals surface area contributed by atoms with Crippen LogP contribution in [0.15, 0.2) is 16.8 Å². The first-order valence-corrected chi connectivity index (χ1v) is 3.52. The molecule has 1 heterocycles. The third-order valence-corrected chi connectivity index (χ3v) is 1.39. The van der Waals surface area contributed by atoms with Crippen LogP contribution < -0.4 is 0 Å². The Bertz CT molecular complexity index is 176. The molecule has 0 aliphatic carbocycles. The lowest BCUT2D eigenvalue weighted by atomic mass is 10.2. The molecule has 0 saturated carbocycles. The van der Waals surface area contributed by atoms with Gasteiger partial charge in [0.25, 0.3) is 0 Å². The smallest absolute Gasteiger partial charge is 0.165 e. The molecule has 4 heteroatoms. The van der Waals surface area contributed by atoms with Crippen LogP contribution in [-0.4, -0.2) is 16.1 Å². The molecule has 0 aromatic carbocycles. The molecule has 0 saturated heterocycles. The lowest BCUT2D eigenvalue weighted by Gasteiger charge is -2.01. The number of aromatic nitrogens is 1. The third kappa shape index (κ3) is 1.72. The van der Waals surface area contributed by atoms with Gasteiger partial charge in [0.2, 0.25) is 0 Å². The van der Waals surface area contributed by atoms with Crippen molar-refractivity contribution < 1.29 is 9.63 Å². The van der Waals surface area contributed by atoms with Gasteiger partial charge < -0.3 is 9.63 Å².